The van der Waals surface area contributed by atoms with Gasteiger partial charge in [0.1, 0.15) is 0 Å². The van der Waals surface area contributed by atoms with Crippen molar-refractivity contribution in [2.45, 2.75) is 22.8 Å². The number of carbonyl (C=O) groups excluding carboxylic acids is 1. The highest BCUT2D eigenvalue weighted by Gasteiger charge is 2.34. The largest absolute Gasteiger partial charge is 0.465 e. The number of benzene rings is 2. The van der Waals surface area contributed by atoms with Gasteiger partial charge in [-0.25, -0.2) is 26.8 Å². The first-order chi connectivity index (χ1) is 14.0. The molecule has 1 aliphatic rings. The highest BCUT2D eigenvalue weighted by atomic mass is 32.2. The van der Waals surface area contributed by atoms with Crippen molar-refractivity contribution >= 4 is 31.7 Å². The van der Waals surface area contributed by atoms with Crippen molar-refractivity contribution in [2.24, 2.45) is 5.14 Å². The third-order valence-corrected chi connectivity index (χ3v) is 7.88. The second kappa shape index (κ2) is 8.34. The number of nitrogens with two attached hydrogens (primary N) is 1. The molecule has 3 rings (SSSR count). The van der Waals surface area contributed by atoms with Gasteiger partial charge >= 0.3 is 5.97 Å². The number of piperazine rings is 1. The summed E-state index contributed by atoms with van der Waals surface area (Å²) in [5.74, 6) is -0.424. The monoisotopic (exact) mass is 453 g/mol. The van der Waals surface area contributed by atoms with Crippen molar-refractivity contribution in [1.29, 1.82) is 0 Å². The van der Waals surface area contributed by atoms with Gasteiger partial charge in [0.2, 0.25) is 20.0 Å². The number of esters is 1. The number of anilines is 1. The smallest absolute Gasteiger partial charge is 0.337 e. The highest BCUT2D eigenvalue weighted by molar-refractivity contribution is 7.90. The molecule has 2 N–H and O–H groups in total. The van der Waals surface area contributed by atoms with E-state index in [0.717, 1.165) is 11.8 Å². The first kappa shape index (κ1) is 22.2. The number of methoxy groups -OCH3 is 1. The molecule has 1 atom stereocenters. The van der Waals surface area contributed by atoms with Gasteiger partial charge in [0.05, 0.1) is 22.5 Å². The predicted molar refractivity (Wildman–Crippen MR) is 111 cm³/mol. The molecule has 1 fully saturated rings. The number of nitrogens with zero attached hydrogens (tertiary/aromatic N) is 2. The van der Waals surface area contributed by atoms with Gasteiger partial charge in [0.25, 0.3) is 0 Å². The van der Waals surface area contributed by atoms with Gasteiger partial charge in [-0.05, 0) is 49.4 Å². The Morgan fingerprint density at radius 3 is 2.23 bits per heavy atom. The lowest BCUT2D eigenvalue weighted by Crippen LogP contribution is -2.54. The van der Waals surface area contributed by atoms with Crippen LogP contribution in [0, 0.1) is 0 Å². The summed E-state index contributed by atoms with van der Waals surface area (Å²) < 4.78 is 55.4. The zero-order valence-electron chi connectivity index (χ0n) is 16.6. The summed E-state index contributed by atoms with van der Waals surface area (Å²) in [6.07, 6.45) is 0. The Labute approximate surface area is 176 Å². The number of sulfonamides is 2. The van der Waals surface area contributed by atoms with Gasteiger partial charge < -0.3 is 9.64 Å². The van der Waals surface area contributed by atoms with Crippen LogP contribution in [0.5, 0.6) is 0 Å². The summed E-state index contributed by atoms with van der Waals surface area (Å²) in [7, 11) is -6.59. The van der Waals surface area contributed by atoms with E-state index in [1.807, 2.05) is 4.90 Å². The molecule has 0 spiro atoms. The number of primary sulfonamides is 1. The van der Waals surface area contributed by atoms with Gasteiger partial charge in [-0.2, -0.15) is 4.31 Å². The summed E-state index contributed by atoms with van der Waals surface area (Å²) in [4.78, 5) is 13.2. The molecule has 0 aliphatic carbocycles. The first-order valence-electron chi connectivity index (χ1n) is 9.12. The van der Waals surface area contributed by atoms with Crippen LogP contribution < -0.4 is 10.0 Å². The van der Waals surface area contributed by atoms with Crippen LogP contribution in [0.25, 0.3) is 0 Å². The van der Waals surface area contributed by atoms with E-state index < -0.39 is 26.0 Å². The molecule has 1 aliphatic heterocycles. The maximum absolute atomic E-state index is 13.1. The van der Waals surface area contributed by atoms with Gasteiger partial charge in [-0.15, -0.1) is 0 Å². The third-order valence-electron chi connectivity index (χ3n) is 4.96. The number of carbonyl (C=O) groups is 1. The van der Waals surface area contributed by atoms with Crippen LogP contribution in [0.1, 0.15) is 17.3 Å². The van der Waals surface area contributed by atoms with Gasteiger partial charge in [-0.1, -0.05) is 6.07 Å². The Morgan fingerprint density at radius 2 is 1.67 bits per heavy atom. The third kappa shape index (κ3) is 4.48. The van der Waals surface area contributed by atoms with Crippen LogP contribution in [0.2, 0.25) is 0 Å². The van der Waals surface area contributed by atoms with E-state index in [9.17, 15) is 21.6 Å². The SMILES string of the molecule is COC(=O)c1ccc(N2CCN(S(=O)(=O)c3cccc(S(N)(=O)=O)c3)C(C)C2)cc1. The average Bonchev–Trinajstić information content (AvgIpc) is 2.72. The van der Waals surface area contributed by atoms with Crippen LogP contribution in [0.4, 0.5) is 5.69 Å². The number of rotatable bonds is 5. The molecule has 1 saturated heterocycles. The molecule has 0 bridgehead atoms. The van der Waals surface area contributed by atoms with E-state index in [1.165, 1.54) is 29.6 Å². The number of hydrogen-bond donors (Lipinski definition) is 1. The summed E-state index contributed by atoms with van der Waals surface area (Å²) >= 11 is 0. The summed E-state index contributed by atoms with van der Waals surface area (Å²) in [6, 6.07) is 11.6. The second-order valence-corrected chi connectivity index (χ2v) is 10.4. The zero-order valence-corrected chi connectivity index (χ0v) is 18.2. The average molecular weight is 454 g/mol. The van der Waals surface area contributed by atoms with E-state index in [1.54, 1.807) is 31.2 Å². The molecule has 0 radical (unpaired) electrons. The minimum atomic E-state index is -4.01. The molecule has 2 aromatic carbocycles. The Morgan fingerprint density at radius 1 is 1.03 bits per heavy atom. The van der Waals surface area contributed by atoms with Gasteiger partial charge in [-0.3, -0.25) is 0 Å². The first-order valence-corrected chi connectivity index (χ1v) is 12.1. The normalized spacial score (nSPS) is 18.2. The Hall–Kier alpha value is -2.47. The summed E-state index contributed by atoms with van der Waals surface area (Å²) in [6.45, 7) is 2.89. The lowest BCUT2D eigenvalue weighted by molar-refractivity contribution is 0.0600. The number of ether oxygens (including phenoxy) is 1. The fraction of sp³-hybridized carbons (Fsp3) is 0.316. The number of hydrogen-bond acceptors (Lipinski definition) is 7. The Bertz CT molecular complexity index is 1150. The van der Waals surface area contributed by atoms with Crippen LogP contribution in [-0.2, 0) is 24.8 Å². The molecule has 1 unspecified atom stereocenters. The topological polar surface area (TPSA) is 127 Å². The van der Waals surface area contributed by atoms with Crippen LogP contribution >= 0.6 is 0 Å². The maximum atomic E-state index is 13.1. The Kier molecular flexibility index (Phi) is 6.18. The fourth-order valence-electron chi connectivity index (χ4n) is 3.41. The standard InChI is InChI=1S/C19H23N3O6S2/c1-14-13-21(16-8-6-15(7-9-16)19(23)28-2)10-11-22(14)30(26,27)18-5-3-4-17(12-18)29(20,24)25/h3-9,12,14H,10-11,13H2,1-2H3,(H2,20,24,25). The quantitative estimate of drug-likeness (QED) is 0.670. The fourth-order valence-corrected chi connectivity index (χ4v) is 5.70. The minimum absolute atomic E-state index is 0.114. The summed E-state index contributed by atoms with van der Waals surface area (Å²) in [5, 5.41) is 5.12. The molecular formula is C19H23N3O6S2. The van der Waals surface area contributed by atoms with E-state index >= 15 is 0 Å². The second-order valence-electron chi connectivity index (χ2n) is 6.97. The van der Waals surface area contributed by atoms with E-state index in [2.05, 4.69) is 0 Å². The van der Waals surface area contributed by atoms with E-state index in [4.69, 9.17) is 9.88 Å². The molecule has 0 aromatic heterocycles. The predicted octanol–water partition coefficient (Wildman–Crippen LogP) is 1.02. The lowest BCUT2D eigenvalue weighted by Gasteiger charge is -2.40. The van der Waals surface area contributed by atoms with Crippen molar-refractivity contribution in [3.8, 4) is 0 Å². The molecule has 1 heterocycles. The van der Waals surface area contributed by atoms with Crippen molar-refractivity contribution in [3.63, 3.8) is 0 Å². The molecular weight excluding hydrogens is 430 g/mol. The van der Waals surface area contributed by atoms with E-state index in [0.29, 0.717) is 18.7 Å². The lowest BCUT2D eigenvalue weighted by atomic mass is 10.1. The highest BCUT2D eigenvalue weighted by Crippen LogP contribution is 2.26. The molecule has 11 heteroatoms. The zero-order chi connectivity index (χ0) is 22.1. The van der Waals surface area contributed by atoms with Crippen molar-refractivity contribution in [1.82, 2.24) is 4.31 Å². The molecule has 30 heavy (non-hydrogen) atoms. The van der Waals surface area contributed by atoms with Crippen LogP contribution in [0.3, 0.4) is 0 Å². The van der Waals surface area contributed by atoms with Crippen molar-refractivity contribution in [3.05, 3.63) is 54.1 Å². The van der Waals surface area contributed by atoms with Crippen LogP contribution in [0.15, 0.2) is 58.3 Å². The molecule has 0 saturated carbocycles. The van der Waals surface area contributed by atoms with Crippen molar-refractivity contribution < 1.29 is 26.4 Å². The van der Waals surface area contributed by atoms with Gasteiger partial charge in [0.15, 0.2) is 0 Å². The van der Waals surface area contributed by atoms with Crippen LogP contribution in [-0.4, -0.2) is 59.9 Å². The molecule has 9 nitrogen and oxygen atoms in total. The van der Waals surface area contributed by atoms with Crippen molar-refractivity contribution in [2.75, 3.05) is 31.6 Å². The van der Waals surface area contributed by atoms with E-state index in [-0.39, 0.29) is 22.4 Å². The Balaban J connectivity index is 1.79. The minimum Gasteiger partial charge on any atom is -0.465 e. The maximum Gasteiger partial charge on any atom is 0.337 e. The summed E-state index contributed by atoms with van der Waals surface area (Å²) in [5.41, 5.74) is 1.30. The molecule has 2 aromatic rings. The molecule has 0 amide bonds. The molecule has 162 valence electrons. The van der Waals surface area contributed by atoms with Gasteiger partial charge in [0, 0.05) is 31.4 Å².